The molecule has 0 bridgehead atoms. The first kappa shape index (κ1) is 15.1. The largest absolute Gasteiger partial charge is 0.488 e. The molecule has 0 aliphatic carbocycles. The highest BCUT2D eigenvalue weighted by Crippen LogP contribution is 2.09. The van der Waals surface area contributed by atoms with Crippen molar-refractivity contribution in [2.45, 2.75) is 19.4 Å². The summed E-state index contributed by atoms with van der Waals surface area (Å²) < 4.78 is 13.6. The molecule has 0 heterocycles. The molecule has 0 aliphatic rings. The fourth-order valence-corrected chi connectivity index (χ4v) is 1.56. The molecule has 0 saturated carbocycles. The van der Waals surface area contributed by atoms with E-state index in [-0.39, 0.29) is 17.4 Å². The molecule has 4 N–H and O–H groups in total. The normalized spacial score (nSPS) is 11.8. The summed E-state index contributed by atoms with van der Waals surface area (Å²) in [5.74, 6) is -2.57. The van der Waals surface area contributed by atoms with E-state index in [1.807, 2.05) is 0 Å². The molecule has 0 aromatic heterocycles. The molecule has 0 radical (unpaired) electrons. The van der Waals surface area contributed by atoms with Crippen molar-refractivity contribution in [2.75, 3.05) is 0 Å². The van der Waals surface area contributed by atoms with E-state index in [1.54, 1.807) is 0 Å². The molecule has 1 amide bonds. The first-order chi connectivity index (χ1) is 8.81. The van der Waals surface area contributed by atoms with E-state index >= 15 is 0 Å². The van der Waals surface area contributed by atoms with Gasteiger partial charge in [0.2, 0.25) is 5.91 Å². The van der Waals surface area contributed by atoms with Crippen molar-refractivity contribution in [3.63, 3.8) is 0 Å². The highest BCUT2D eigenvalue weighted by Gasteiger charge is 2.21. The van der Waals surface area contributed by atoms with Crippen molar-refractivity contribution in [3.8, 4) is 0 Å². The van der Waals surface area contributed by atoms with Gasteiger partial charge in [-0.1, -0.05) is 12.1 Å². The number of nitrogens with one attached hydrogen (secondary N) is 1. The molecule has 8 heteroatoms. The van der Waals surface area contributed by atoms with Gasteiger partial charge in [0.25, 0.3) is 0 Å². The lowest BCUT2D eigenvalue weighted by Crippen LogP contribution is -2.41. The van der Waals surface area contributed by atoms with Crippen LogP contribution in [0.15, 0.2) is 18.2 Å². The average Bonchev–Trinajstić information content (AvgIpc) is 2.29. The Morgan fingerprint density at radius 2 is 2.05 bits per heavy atom. The molecule has 0 unspecified atom stereocenters. The average molecular weight is 269 g/mol. The minimum Gasteiger partial charge on any atom is -0.480 e. The van der Waals surface area contributed by atoms with E-state index in [9.17, 15) is 14.0 Å². The Bertz CT molecular complexity index is 494. The van der Waals surface area contributed by atoms with Crippen LogP contribution in [0.4, 0.5) is 4.39 Å². The van der Waals surface area contributed by atoms with Crippen LogP contribution >= 0.6 is 0 Å². The van der Waals surface area contributed by atoms with Crippen LogP contribution in [0.2, 0.25) is 0 Å². The zero-order valence-corrected chi connectivity index (χ0v) is 10.1. The Labute approximate surface area is 109 Å². The van der Waals surface area contributed by atoms with Gasteiger partial charge in [0.1, 0.15) is 11.9 Å². The smallest absolute Gasteiger partial charge is 0.480 e. The van der Waals surface area contributed by atoms with Gasteiger partial charge in [0.15, 0.2) is 0 Å². The van der Waals surface area contributed by atoms with Gasteiger partial charge in [0.05, 0.1) is 0 Å². The van der Waals surface area contributed by atoms with Crippen molar-refractivity contribution in [1.82, 2.24) is 5.32 Å². The molecule has 0 saturated heterocycles. The van der Waals surface area contributed by atoms with Crippen LogP contribution in [0.5, 0.6) is 0 Å². The maximum absolute atomic E-state index is 13.6. The number of carbonyl (C=O) groups excluding carboxylic acids is 1. The standard InChI is InChI=1S/C11H13BFNO5/c1-6(15)14-10(11(16)17)4-7-2-3-8(12(18)19)5-9(7)13/h2-3,5,10,18-19H,4H2,1H3,(H,14,15)(H,16,17)/t10-/m0/s1. The summed E-state index contributed by atoms with van der Waals surface area (Å²) in [5.41, 5.74) is 0.0261. The van der Waals surface area contributed by atoms with Gasteiger partial charge in [-0.05, 0) is 17.1 Å². The maximum Gasteiger partial charge on any atom is 0.488 e. The van der Waals surface area contributed by atoms with Crippen molar-refractivity contribution in [2.24, 2.45) is 0 Å². The molecule has 19 heavy (non-hydrogen) atoms. The van der Waals surface area contributed by atoms with Crippen molar-refractivity contribution in [3.05, 3.63) is 29.6 Å². The molecule has 0 aliphatic heterocycles. The monoisotopic (exact) mass is 269 g/mol. The lowest BCUT2D eigenvalue weighted by Gasteiger charge is -2.14. The maximum atomic E-state index is 13.6. The van der Waals surface area contributed by atoms with Gasteiger partial charge in [-0.15, -0.1) is 0 Å². The van der Waals surface area contributed by atoms with Gasteiger partial charge in [-0.25, -0.2) is 9.18 Å². The summed E-state index contributed by atoms with van der Waals surface area (Å²) in [6, 6.07) is 2.20. The second-order valence-corrected chi connectivity index (χ2v) is 4.02. The van der Waals surface area contributed by atoms with Crippen LogP contribution in [0.3, 0.4) is 0 Å². The summed E-state index contributed by atoms with van der Waals surface area (Å²) in [4.78, 5) is 21.8. The molecule has 6 nitrogen and oxygen atoms in total. The first-order valence-electron chi connectivity index (χ1n) is 5.45. The number of carbonyl (C=O) groups is 2. The predicted molar refractivity (Wildman–Crippen MR) is 65.2 cm³/mol. The summed E-state index contributed by atoms with van der Waals surface area (Å²) in [6.07, 6.45) is -0.234. The number of hydrogen-bond donors (Lipinski definition) is 4. The summed E-state index contributed by atoms with van der Waals surface area (Å²) in [7, 11) is -1.80. The lowest BCUT2D eigenvalue weighted by molar-refractivity contribution is -0.141. The van der Waals surface area contributed by atoms with Gasteiger partial charge >= 0.3 is 13.1 Å². The molecular weight excluding hydrogens is 256 g/mol. The summed E-state index contributed by atoms with van der Waals surface area (Å²) in [6.45, 7) is 1.16. The van der Waals surface area contributed by atoms with Crippen molar-refractivity contribution >= 4 is 24.5 Å². The number of halogens is 1. The third kappa shape index (κ3) is 4.34. The predicted octanol–water partition coefficient (Wildman–Crippen LogP) is -1.36. The molecule has 1 aromatic carbocycles. The van der Waals surface area contributed by atoms with Crippen LogP contribution in [-0.4, -0.2) is 40.2 Å². The Balaban J connectivity index is 2.91. The zero-order valence-electron chi connectivity index (χ0n) is 10.1. The van der Waals surface area contributed by atoms with Crippen LogP contribution in [0, 0.1) is 5.82 Å². The number of amides is 1. The minimum atomic E-state index is -1.80. The Hall–Kier alpha value is -1.93. The molecular formula is C11H13BFNO5. The van der Waals surface area contributed by atoms with Crippen LogP contribution in [-0.2, 0) is 16.0 Å². The van der Waals surface area contributed by atoms with E-state index < -0.39 is 30.9 Å². The van der Waals surface area contributed by atoms with Crippen LogP contribution in [0.25, 0.3) is 0 Å². The molecule has 102 valence electrons. The number of benzene rings is 1. The van der Waals surface area contributed by atoms with E-state index in [2.05, 4.69) is 5.32 Å². The SMILES string of the molecule is CC(=O)N[C@@H](Cc1ccc(B(O)O)cc1F)C(=O)O. The van der Waals surface area contributed by atoms with Gasteiger partial charge in [-0.3, -0.25) is 4.79 Å². The highest BCUT2D eigenvalue weighted by molar-refractivity contribution is 6.58. The lowest BCUT2D eigenvalue weighted by atomic mass is 9.79. The fourth-order valence-electron chi connectivity index (χ4n) is 1.56. The quantitative estimate of drug-likeness (QED) is 0.494. The van der Waals surface area contributed by atoms with Crippen LogP contribution in [0.1, 0.15) is 12.5 Å². The second-order valence-electron chi connectivity index (χ2n) is 4.02. The third-order valence-electron chi connectivity index (χ3n) is 2.47. The minimum absolute atomic E-state index is 0.0346. The molecule has 1 aromatic rings. The van der Waals surface area contributed by atoms with E-state index in [0.717, 1.165) is 13.0 Å². The van der Waals surface area contributed by atoms with Crippen LogP contribution < -0.4 is 10.8 Å². The highest BCUT2D eigenvalue weighted by atomic mass is 19.1. The van der Waals surface area contributed by atoms with Gasteiger partial charge in [-0.2, -0.15) is 0 Å². The Kier molecular flexibility index (Phi) is 5.02. The third-order valence-corrected chi connectivity index (χ3v) is 2.47. The fraction of sp³-hybridized carbons (Fsp3) is 0.273. The Morgan fingerprint density at radius 1 is 1.42 bits per heavy atom. The summed E-state index contributed by atoms with van der Waals surface area (Å²) in [5, 5.41) is 28.8. The number of rotatable bonds is 5. The van der Waals surface area contributed by atoms with E-state index in [1.165, 1.54) is 12.1 Å². The molecule has 1 rings (SSSR count). The molecule has 0 spiro atoms. The van der Waals surface area contributed by atoms with E-state index in [4.69, 9.17) is 15.2 Å². The number of hydrogen-bond acceptors (Lipinski definition) is 4. The number of aliphatic carboxylic acids is 1. The second kappa shape index (κ2) is 6.30. The molecule has 0 fully saturated rings. The number of carboxylic acid groups (broad SMARTS) is 1. The van der Waals surface area contributed by atoms with Gasteiger partial charge < -0.3 is 20.5 Å². The topological polar surface area (TPSA) is 107 Å². The summed E-state index contributed by atoms with van der Waals surface area (Å²) >= 11 is 0. The number of carboxylic acids is 1. The Morgan fingerprint density at radius 3 is 2.47 bits per heavy atom. The zero-order chi connectivity index (χ0) is 14.6. The van der Waals surface area contributed by atoms with Gasteiger partial charge in [0, 0.05) is 13.3 Å². The van der Waals surface area contributed by atoms with Crippen molar-refractivity contribution < 1.29 is 29.1 Å². The van der Waals surface area contributed by atoms with Crippen molar-refractivity contribution in [1.29, 1.82) is 0 Å². The first-order valence-corrected chi connectivity index (χ1v) is 5.45. The molecule has 1 atom stereocenters. The van der Waals surface area contributed by atoms with E-state index in [0.29, 0.717) is 0 Å².